The second-order valence-electron chi connectivity index (χ2n) is 5.96. The molecule has 0 atom stereocenters. The number of carbonyl (C=O) groups is 2. The second kappa shape index (κ2) is 10.3. The van der Waals surface area contributed by atoms with E-state index in [1.807, 2.05) is 0 Å². The Morgan fingerprint density at radius 2 is 1.97 bits per heavy atom. The average molecular weight is 428 g/mol. The number of nitrogens with zero attached hydrogens (tertiary/aromatic N) is 2. The van der Waals surface area contributed by atoms with Crippen LogP contribution >= 0.6 is 11.8 Å². The number of ether oxygens (including phenoxy) is 3. The van der Waals surface area contributed by atoms with Crippen molar-refractivity contribution in [2.45, 2.75) is 0 Å². The van der Waals surface area contributed by atoms with Gasteiger partial charge in [0.05, 0.1) is 26.2 Å². The number of thioether (sulfide) groups is 1. The van der Waals surface area contributed by atoms with Crippen LogP contribution in [0.5, 0.6) is 17.2 Å². The summed E-state index contributed by atoms with van der Waals surface area (Å²) in [4.78, 5) is 23.2. The number of carbonyl (C=O) groups excluding carboxylic acids is 2. The molecule has 156 valence electrons. The molecule has 2 aromatic rings. The van der Waals surface area contributed by atoms with Gasteiger partial charge in [-0.3, -0.25) is 9.59 Å². The Labute approximate surface area is 177 Å². The van der Waals surface area contributed by atoms with Crippen molar-refractivity contribution in [1.29, 1.82) is 0 Å². The van der Waals surface area contributed by atoms with E-state index in [4.69, 9.17) is 14.2 Å². The third-order valence-electron chi connectivity index (χ3n) is 3.86. The van der Waals surface area contributed by atoms with E-state index in [2.05, 4.69) is 20.8 Å². The van der Waals surface area contributed by atoms with Crippen molar-refractivity contribution in [3.63, 3.8) is 0 Å². The predicted molar refractivity (Wildman–Crippen MR) is 116 cm³/mol. The van der Waals surface area contributed by atoms with Crippen molar-refractivity contribution < 1.29 is 23.8 Å². The molecule has 9 nitrogen and oxygen atoms in total. The van der Waals surface area contributed by atoms with E-state index in [1.54, 1.807) is 49.6 Å². The monoisotopic (exact) mass is 428 g/mol. The maximum atomic E-state index is 12.1. The van der Waals surface area contributed by atoms with E-state index >= 15 is 0 Å². The van der Waals surface area contributed by atoms with Crippen LogP contribution in [0.2, 0.25) is 0 Å². The summed E-state index contributed by atoms with van der Waals surface area (Å²) in [6, 6.07) is 12.1. The Kier molecular flexibility index (Phi) is 7.28. The van der Waals surface area contributed by atoms with Gasteiger partial charge in [-0.1, -0.05) is 11.8 Å². The average Bonchev–Trinajstić information content (AvgIpc) is 3.18. The van der Waals surface area contributed by atoms with Crippen molar-refractivity contribution in [3.8, 4) is 17.2 Å². The van der Waals surface area contributed by atoms with Crippen molar-refractivity contribution >= 4 is 40.6 Å². The van der Waals surface area contributed by atoms with Crippen LogP contribution in [-0.2, 0) is 9.59 Å². The first kappa shape index (κ1) is 21.2. The fourth-order valence-corrected chi connectivity index (χ4v) is 3.06. The maximum Gasteiger partial charge on any atom is 0.262 e. The van der Waals surface area contributed by atoms with Crippen LogP contribution in [0.4, 0.5) is 5.69 Å². The molecule has 1 heterocycles. The zero-order valence-corrected chi connectivity index (χ0v) is 17.2. The summed E-state index contributed by atoms with van der Waals surface area (Å²) >= 11 is 1.29. The standard InChI is InChI=1S/C20H20N4O5S/c1-27-15-6-4-14(5-7-15)22-18(25)11-29-16-8-3-13(9-17(16)28-2)10-21-24-20-23-19(26)12-30-20/h3-10H,11-12H2,1-2H3,(H,22,25)(H,23,24,26). The number of methoxy groups -OCH3 is 2. The molecular weight excluding hydrogens is 408 g/mol. The van der Waals surface area contributed by atoms with Crippen molar-refractivity contribution in [2.24, 2.45) is 10.2 Å². The molecule has 10 heteroatoms. The molecule has 3 rings (SSSR count). The van der Waals surface area contributed by atoms with Gasteiger partial charge in [0.15, 0.2) is 23.3 Å². The summed E-state index contributed by atoms with van der Waals surface area (Å²) in [6.45, 7) is -0.180. The highest BCUT2D eigenvalue weighted by Gasteiger charge is 2.16. The van der Waals surface area contributed by atoms with Crippen LogP contribution in [0.25, 0.3) is 0 Å². The van der Waals surface area contributed by atoms with E-state index in [9.17, 15) is 9.59 Å². The molecule has 0 spiro atoms. The predicted octanol–water partition coefficient (Wildman–Crippen LogP) is 2.27. The topological polar surface area (TPSA) is 111 Å². The van der Waals surface area contributed by atoms with Crippen molar-refractivity contribution in [1.82, 2.24) is 5.32 Å². The number of hydrogen-bond donors (Lipinski definition) is 2. The van der Waals surface area contributed by atoms with Crippen LogP contribution in [0, 0.1) is 0 Å². The number of amides is 2. The molecule has 2 aromatic carbocycles. The lowest BCUT2D eigenvalue weighted by molar-refractivity contribution is -0.118. The highest BCUT2D eigenvalue weighted by molar-refractivity contribution is 8.15. The van der Waals surface area contributed by atoms with Gasteiger partial charge in [0.25, 0.3) is 5.91 Å². The summed E-state index contributed by atoms with van der Waals surface area (Å²) in [5.41, 5.74) is 1.36. The quantitative estimate of drug-likeness (QED) is 0.493. The molecule has 1 aliphatic heterocycles. The number of amidine groups is 1. The van der Waals surface area contributed by atoms with E-state index in [0.29, 0.717) is 33.9 Å². The minimum absolute atomic E-state index is 0.0897. The zero-order chi connectivity index (χ0) is 21.3. The van der Waals surface area contributed by atoms with E-state index < -0.39 is 0 Å². The van der Waals surface area contributed by atoms with Gasteiger partial charge in [0.2, 0.25) is 5.91 Å². The molecule has 1 aliphatic rings. The molecule has 0 radical (unpaired) electrons. The smallest absolute Gasteiger partial charge is 0.262 e. The molecule has 2 amide bonds. The molecular formula is C20H20N4O5S. The molecule has 0 unspecified atom stereocenters. The summed E-state index contributed by atoms with van der Waals surface area (Å²) in [5.74, 6) is 1.53. The Bertz CT molecular complexity index is 976. The Hall–Kier alpha value is -3.53. The lowest BCUT2D eigenvalue weighted by Crippen LogP contribution is -2.20. The van der Waals surface area contributed by atoms with E-state index in [0.717, 1.165) is 5.56 Å². The number of benzene rings is 2. The Morgan fingerprint density at radius 1 is 1.17 bits per heavy atom. The fourth-order valence-electron chi connectivity index (χ4n) is 2.43. The third-order valence-corrected chi connectivity index (χ3v) is 4.73. The SMILES string of the molecule is COc1ccc(NC(=O)COc2ccc(C=NN=C3NC(=O)CS3)cc2OC)cc1. The highest BCUT2D eigenvalue weighted by atomic mass is 32.2. The van der Waals surface area contributed by atoms with Crippen molar-refractivity contribution in [3.05, 3.63) is 48.0 Å². The van der Waals surface area contributed by atoms with Gasteiger partial charge in [-0.25, -0.2) is 0 Å². The van der Waals surface area contributed by atoms with E-state index in [1.165, 1.54) is 25.1 Å². The number of anilines is 1. The van der Waals surface area contributed by atoms with Gasteiger partial charge < -0.3 is 24.8 Å². The fraction of sp³-hybridized carbons (Fsp3) is 0.200. The van der Waals surface area contributed by atoms with Gasteiger partial charge in [-0.2, -0.15) is 5.10 Å². The third kappa shape index (κ3) is 5.98. The van der Waals surface area contributed by atoms with Crippen LogP contribution in [-0.4, -0.2) is 49.8 Å². The highest BCUT2D eigenvalue weighted by Crippen LogP contribution is 2.27. The van der Waals surface area contributed by atoms with Crippen LogP contribution < -0.4 is 24.8 Å². The van der Waals surface area contributed by atoms with Gasteiger partial charge in [0, 0.05) is 5.69 Å². The largest absolute Gasteiger partial charge is 0.497 e. The lowest BCUT2D eigenvalue weighted by Gasteiger charge is -2.11. The molecule has 1 fully saturated rings. The molecule has 0 saturated carbocycles. The van der Waals surface area contributed by atoms with Crippen LogP contribution in [0.15, 0.2) is 52.7 Å². The first-order valence-corrected chi connectivity index (χ1v) is 9.84. The molecule has 2 N–H and O–H groups in total. The minimum Gasteiger partial charge on any atom is -0.497 e. The normalized spacial score (nSPS) is 14.6. The molecule has 1 saturated heterocycles. The lowest BCUT2D eigenvalue weighted by atomic mass is 10.2. The second-order valence-corrected chi connectivity index (χ2v) is 6.93. The summed E-state index contributed by atoms with van der Waals surface area (Å²) < 4.78 is 16.0. The van der Waals surface area contributed by atoms with Crippen LogP contribution in [0.3, 0.4) is 0 Å². The molecule has 0 bridgehead atoms. The summed E-state index contributed by atoms with van der Waals surface area (Å²) in [6.07, 6.45) is 1.53. The van der Waals surface area contributed by atoms with E-state index in [-0.39, 0.29) is 18.4 Å². The molecule has 30 heavy (non-hydrogen) atoms. The Balaban J connectivity index is 1.56. The van der Waals surface area contributed by atoms with Crippen molar-refractivity contribution in [2.75, 3.05) is 31.9 Å². The maximum absolute atomic E-state index is 12.1. The van der Waals surface area contributed by atoms with Gasteiger partial charge in [0.1, 0.15) is 5.75 Å². The zero-order valence-electron chi connectivity index (χ0n) is 16.4. The Morgan fingerprint density at radius 3 is 2.63 bits per heavy atom. The number of nitrogens with one attached hydrogen (secondary N) is 2. The summed E-state index contributed by atoms with van der Waals surface area (Å²) in [7, 11) is 3.08. The minimum atomic E-state index is -0.306. The van der Waals surface area contributed by atoms with Gasteiger partial charge >= 0.3 is 0 Å². The summed E-state index contributed by atoms with van der Waals surface area (Å²) in [5, 5.41) is 13.7. The molecule has 0 aliphatic carbocycles. The first-order chi connectivity index (χ1) is 14.6. The van der Waals surface area contributed by atoms with Gasteiger partial charge in [-0.05, 0) is 48.0 Å². The number of rotatable bonds is 8. The first-order valence-electron chi connectivity index (χ1n) is 8.86. The van der Waals surface area contributed by atoms with Crippen LogP contribution in [0.1, 0.15) is 5.56 Å². The molecule has 0 aromatic heterocycles. The van der Waals surface area contributed by atoms with Gasteiger partial charge in [-0.15, -0.1) is 5.10 Å². The number of hydrogen-bond acceptors (Lipinski definition) is 8.